The topological polar surface area (TPSA) is 0 Å². The van der Waals surface area contributed by atoms with Crippen molar-refractivity contribution in [2.45, 2.75) is 5.41 Å². The van der Waals surface area contributed by atoms with Crippen LogP contribution in [0.25, 0.3) is 66.4 Å². The molecule has 2 aliphatic rings. The normalized spacial score (nSPS) is 13.1. The lowest BCUT2D eigenvalue weighted by molar-refractivity contribution is 0.632. The first-order valence-electron chi connectivity index (χ1n) is 21.3. The van der Waals surface area contributed by atoms with Crippen molar-refractivity contribution < 1.29 is 0 Å². The molecule has 0 unspecified atom stereocenters. The first-order chi connectivity index (χ1) is 30.1. The van der Waals surface area contributed by atoms with Crippen molar-refractivity contribution in [3.05, 3.63) is 259 Å². The van der Waals surface area contributed by atoms with Crippen molar-refractivity contribution in [2.75, 3.05) is 7.05 Å². The highest BCUT2D eigenvalue weighted by Gasteiger charge is 2.51. The van der Waals surface area contributed by atoms with Gasteiger partial charge in [0.2, 0.25) is 0 Å². The highest BCUT2D eigenvalue weighted by molar-refractivity contribution is 6.06. The Morgan fingerprint density at radius 2 is 0.672 bits per heavy atom. The van der Waals surface area contributed by atoms with Crippen molar-refractivity contribution in [3.8, 4) is 55.6 Å². The van der Waals surface area contributed by atoms with Gasteiger partial charge in [0.25, 0.3) is 0 Å². The summed E-state index contributed by atoms with van der Waals surface area (Å²) in [5, 5.41) is 2.47. The molecular formula is C60H42N+. The maximum atomic E-state index is 2.46. The number of nitrogens with zero attached hydrogens (tertiary/aromatic N) is 1. The van der Waals surface area contributed by atoms with Crippen molar-refractivity contribution >= 4 is 27.8 Å². The molecule has 0 amide bonds. The van der Waals surface area contributed by atoms with Crippen LogP contribution in [-0.2, 0) is 5.41 Å². The van der Waals surface area contributed by atoms with Crippen molar-refractivity contribution in [1.82, 2.24) is 4.48 Å². The summed E-state index contributed by atoms with van der Waals surface area (Å²) in [5.74, 6) is 0. The Balaban J connectivity index is 1.03. The van der Waals surface area contributed by atoms with Crippen LogP contribution in [0.5, 0.6) is 0 Å². The first kappa shape index (κ1) is 35.4. The molecule has 0 aromatic heterocycles. The summed E-state index contributed by atoms with van der Waals surface area (Å²) in [6.45, 7) is 0. The van der Waals surface area contributed by atoms with E-state index in [4.69, 9.17) is 0 Å². The standard InChI is InChI=1S/C60H42N/c1-61(46-33-28-43(29-34-46)41-16-4-2-5-17-41,47-35-30-44(31-36-47)42-18-6-3-7-19-42)59-39-37-48(49-20-8-9-24-53(49)59)45-32-38-58-54(40-45)52-23-12-15-27-57(52)60(58)55-25-13-10-21-50(55)51-22-11-14-26-56(51)60/h2-40H,1H3/q+1. The minimum Gasteiger partial charge on any atom is -0.229 e. The van der Waals surface area contributed by atoms with E-state index in [9.17, 15) is 0 Å². The number of hydrogen-bond donors (Lipinski definition) is 0. The minimum absolute atomic E-state index is 0.352. The highest BCUT2D eigenvalue weighted by atomic mass is 15.3. The Morgan fingerprint density at radius 3 is 1.20 bits per heavy atom. The Kier molecular flexibility index (Phi) is 7.97. The zero-order valence-corrected chi connectivity index (χ0v) is 34.0. The molecule has 0 bridgehead atoms. The summed E-state index contributed by atoms with van der Waals surface area (Å²) in [6, 6.07) is 87.8. The van der Waals surface area contributed by atoms with E-state index in [1.165, 1.54) is 106 Å². The van der Waals surface area contributed by atoms with E-state index >= 15 is 0 Å². The van der Waals surface area contributed by atoms with Gasteiger partial charge in [0.05, 0.1) is 12.5 Å². The predicted octanol–water partition coefficient (Wildman–Crippen LogP) is 15.8. The molecule has 0 atom stereocenters. The van der Waals surface area contributed by atoms with Gasteiger partial charge >= 0.3 is 0 Å². The molecule has 0 saturated heterocycles. The summed E-state index contributed by atoms with van der Waals surface area (Å²) in [5.41, 5.74) is 21.3. The summed E-state index contributed by atoms with van der Waals surface area (Å²) < 4.78 is 0.504. The first-order valence-corrected chi connectivity index (χ1v) is 21.3. The monoisotopic (exact) mass is 776 g/mol. The van der Waals surface area contributed by atoms with E-state index in [1.807, 2.05) is 0 Å². The van der Waals surface area contributed by atoms with Gasteiger partial charge < -0.3 is 0 Å². The molecule has 0 aliphatic heterocycles. The minimum atomic E-state index is -0.352. The van der Waals surface area contributed by atoms with Crippen LogP contribution in [0, 0.1) is 0 Å². The Labute approximate surface area is 357 Å². The lowest BCUT2D eigenvalue weighted by Gasteiger charge is -2.34. The van der Waals surface area contributed by atoms with E-state index in [2.05, 4.69) is 244 Å². The molecule has 61 heavy (non-hydrogen) atoms. The maximum Gasteiger partial charge on any atom is 0.150 e. The molecule has 10 aromatic carbocycles. The van der Waals surface area contributed by atoms with Gasteiger partial charge in [-0.25, -0.2) is 4.48 Å². The average Bonchev–Trinajstić information content (AvgIpc) is 3.81. The fourth-order valence-corrected chi connectivity index (χ4v) is 10.8. The average molecular weight is 777 g/mol. The molecule has 10 aromatic rings. The summed E-state index contributed by atoms with van der Waals surface area (Å²) in [7, 11) is 2.35. The van der Waals surface area contributed by atoms with Crippen LogP contribution in [0.1, 0.15) is 22.3 Å². The van der Waals surface area contributed by atoms with Gasteiger partial charge in [0.1, 0.15) is 11.4 Å². The van der Waals surface area contributed by atoms with E-state index < -0.39 is 0 Å². The van der Waals surface area contributed by atoms with Crippen LogP contribution in [0.4, 0.5) is 17.1 Å². The molecule has 2 aliphatic carbocycles. The maximum absolute atomic E-state index is 2.46. The van der Waals surface area contributed by atoms with Gasteiger partial charge in [-0.1, -0.05) is 164 Å². The lowest BCUT2D eigenvalue weighted by Crippen LogP contribution is -2.34. The van der Waals surface area contributed by atoms with Gasteiger partial charge in [0.15, 0.2) is 5.69 Å². The molecule has 0 heterocycles. The van der Waals surface area contributed by atoms with Gasteiger partial charge in [-0.2, -0.15) is 0 Å². The molecule has 0 N–H and O–H groups in total. The third kappa shape index (κ3) is 5.18. The van der Waals surface area contributed by atoms with Gasteiger partial charge in [-0.3, -0.25) is 0 Å². The summed E-state index contributed by atoms with van der Waals surface area (Å²) in [4.78, 5) is 0. The van der Waals surface area contributed by atoms with Crippen LogP contribution >= 0.6 is 0 Å². The second-order valence-corrected chi connectivity index (χ2v) is 16.7. The smallest absolute Gasteiger partial charge is 0.150 e. The largest absolute Gasteiger partial charge is 0.229 e. The Bertz CT molecular complexity index is 3160. The molecule has 0 saturated carbocycles. The summed E-state index contributed by atoms with van der Waals surface area (Å²) >= 11 is 0. The molecule has 286 valence electrons. The molecule has 0 fully saturated rings. The number of rotatable bonds is 6. The van der Waals surface area contributed by atoms with E-state index in [0.717, 1.165) is 0 Å². The zero-order valence-electron chi connectivity index (χ0n) is 34.0. The van der Waals surface area contributed by atoms with Crippen molar-refractivity contribution in [3.63, 3.8) is 0 Å². The fourth-order valence-electron chi connectivity index (χ4n) is 10.8. The van der Waals surface area contributed by atoms with Crippen LogP contribution in [0.3, 0.4) is 0 Å². The third-order valence-electron chi connectivity index (χ3n) is 13.7. The Hall–Kier alpha value is -7.58. The molecule has 1 nitrogen and oxygen atoms in total. The van der Waals surface area contributed by atoms with E-state index in [-0.39, 0.29) is 5.41 Å². The van der Waals surface area contributed by atoms with Gasteiger partial charge in [0, 0.05) is 35.7 Å². The van der Waals surface area contributed by atoms with Gasteiger partial charge in [-0.05, 0) is 126 Å². The second kappa shape index (κ2) is 13.7. The van der Waals surface area contributed by atoms with Crippen LogP contribution < -0.4 is 4.48 Å². The quantitative estimate of drug-likeness (QED) is 0.148. The number of hydrogen-bond acceptors (Lipinski definition) is 0. The Morgan fingerprint density at radius 1 is 0.279 bits per heavy atom. The number of fused-ring (bicyclic) bond motifs is 11. The number of quaternary nitrogens is 1. The number of benzene rings is 10. The molecule has 0 radical (unpaired) electrons. The van der Waals surface area contributed by atoms with Crippen molar-refractivity contribution in [2.24, 2.45) is 0 Å². The molecule has 12 rings (SSSR count). The van der Waals surface area contributed by atoms with Crippen LogP contribution in [0.15, 0.2) is 237 Å². The van der Waals surface area contributed by atoms with Gasteiger partial charge in [-0.15, -0.1) is 0 Å². The predicted molar refractivity (Wildman–Crippen MR) is 256 cm³/mol. The van der Waals surface area contributed by atoms with Crippen molar-refractivity contribution in [1.29, 1.82) is 0 Å². The highest BCUT2D eigenvalue weighted by Crippen LogP contribution is 2.63. The molecule has 1 heteroatoms. The molecule has 1 spiro atoms. The summed E-state index contributed by atoms with van der Waals surface area (Å²) in [6.07, 6.45) is 0. The van der Waals surface area contributed by atoms with Crippen LogP contribution in [-0.4, -0.2) is 7.05 Å². The van der Waals surface area contributed by atoms with Crippen LogP contribution in [0.2, 0.25) is 0 Å². The second-order valence-electron chi connectivity index (χ2n) is 16.7. The molecular weight excluding hydrogens is 735 g/mol. The van der Waals surface area contributed by atoms with E-state index in [0.29, 0.717) is 4.48 Å². The fraction of sp³-hybridized carbons (Fsp3) is 0.0333. The third-order valence-corrected chi connectivity index (χ3v) is 13.7. The zero-order chi connectivity index (χ0) is 40.5. The SMILES string of the molecule is C[N+](c1ccc(-c2ccccc2)cc1)(c1ccc(-c2ccccc2)cc1)c1ccc(-c2ccc3c(c2)-c2ccccc2C32c3ccccc3-c3ccccc32)c2ccccc12. The lowest BCUT2D eigenvalue weighted by atomic mass is 9.70. The van der Waals surface area contributed by atoms with E-state index in [1.54, 1.807) is 0 Å².